The summed E-state index contributed by atoms with van der Waals surface area (Å²) in [7, 11) is 1.62. The molecule has 0 fully saturated rings. The van der Waals surface area contributed by atoms with Crippen molar-refractivity contribution in [1.82, 2.24) is 14.8 Å². The lowest BCUT2D eigenvalue weighted by Crippen LogP contribution is -2.20. The highest BCUT2D eigenvalue weighted by molar-refractivity contribution is 6.03. The molecule has 0 atom stereocenters. The van der Waals surface area contributed by atoms with Crippen LogP contribution < -0.4 is 15.8 Å². The fraction of sp³-hybridized carbons (Fsp3) is 0.158. The third-order valence-electron chi connectivity index (χ3n) is 4.04. The summed E-state index contributed by atoms with van der Waals surface area (Å²) >= 11 is 0. The normalized spacial score (nSPS) is 10.6. The number of aromatic nitrogens is 3. The Labute approximate surface area is 164 Å². The summed E-state index contributed by atoms with van der Waals surface area (Å²) in [5.41, 5.74) is 6.42. The van der Waals surface area contributed by atoms with Gasteiger partial charge in [-0.25, -0.2) is 13.8 Å². The molecule has 0 unspecified atom stereocenters. The second-order valence-corrected chi connectivity index (χ2v) is 6.18. The third kappa shape index (κ3) is 4.37. The highest BCUT2D eigenvalue weighted by Crippen LogP contribution is 2.26. The quantitative estimate of drug-likeness (QED) is 0.658. The predicted molar refractivity (Wildman–Crippen MR) is 100 cm³/mol. The Balaban J connectivity index is 1.85. The highest BCUT2D eigenvalue weighted by Gasteiger charge is 2.19. The molecule has 0 saturated carbocycles. The fourth-order valence-corrected chi connectivity index (χ4v) is 2.65. The number of aryl methyl sites for hydroxylation is 2. The Morgan fingerprint density at radius 3 is 2.55 bits per heavy atom. The molecule has 29 heavy (non-hydrogen) atoms. The van der Waals surface area contributed by atoms with Gasteiger partial charge in [-0.15, -0.1) is 0 Å². The van der Waals surface area contributed by atoms with Crippen LogP contribution in [0, 0.1) is 18.6 Å². The molecule has 0 saturated heterocycles. The number of halogens is 2. The number of anilines is 1. The second-order valence-electron chi connectivity index (χ2n) is 6.18. The fourth-order valence-electron chi connectivity index (χ4n) is 2.65. The zero-order valence-corrected chi connectivity index (χ0v) is 15.6. The van der Waals surface area contributed by atoms with Gasteiger partial charge in [0.15, 0.2) is 12.3 Å². The number of nitrogens with one attached hydrogen (secondary N) is 1. The van der Waals surface area contributed by atoms with Crippen LogP contribution in [0.3, 0.4) is 0 Å². The molecule has 0 bridgehead atoms. The van der Waals surface area contributed by atoms with Crippen molar-refractivity contribution < 1.29 is 23.1 Å². The number of rotatable bonds is 6. The third-order valence-corrected chi connectivity index (χ3v) is 4.04. The van der Waals surface area contributed by atoms with E-state index in [0.717, 1.165) is 17.7 Å². The number of benzene rings is 1. The van der Waals surface area contributed by atoms with E-state index in [4.69, 9.17) is 10.5 Å². The van der Waals surface area contributed by atoms with Gasteiger partial charge in [-0.1, -0.05) is 6.07 Å². The summed E-state index contributed by atoms with van der Waals surface area (Å²) in [6.07, 6.45) is 1.50. The number of carbonyl (C=O) groups is 2. The molecule has 2 aromatic heterocycles. The van der Waals surface area contributed by atoms with Crippen molar-refractivity contribution in [2.45, 2.75) is 6.92 Å². The van der Waals surface area contributed by atoms with E-state index in [1.54, 1.807) is 20.0 Å². The minimum atomic E-state index is -0.888. The van der Waals surface area contributed by atoms with Crippen molar-refractivity contribution >= 4 is 17.5 Å². The van der Waals surface area contributed by atoms with Gasteiger partial charge in [0.25, 0.3) is 11.8 Å². The predicted octanol–water partition coefficient (Wildman–Crippen LogP) is 2.19. The summed E-state index contributed by atoms with van der Waals surface area (Å²) in [6, 6.07) is 6.37. The van der Waals surface area contributed by atoms with E-state index in [-0.39, 0.29) is 18.2 Å². The SMILES string of the molecule is Cc1cc(OCC(N)=O)ncc1-c1cc(C(=O)Nc2c(F)cccc2F)nn1C. The Bertz CT molecular complexity index is 1080. The lowest BCUT2D eigenvalue weighted by Gasteiger charge is -2.08. The number of hydrogen-bond acceptors (Lipinski definition) is 5. The number of pyridine rings is 1. The zero-order chi connectivity index (χ0) is 21.1. The van der Waals surface area contributed by atoms with Crippen LogP contribution in [0.4, 0.5) is 14.5 Å². The molecule has 150 valence electrons. The minimum Gasteiger partial charge on any atom is -0.468 e. The molecule has 0 aliphatic heterocycles. The average molecular weight is 401 g/mol. The smallest absolute Gasteiger partial charge is 0.276 e. The summed E-state index contributed by atoms with van der Waals surface area (Å²) in [5, 5.41) is 6.30. The Kier molecular flexibility index (Phi) is 5.53. The maximum absolute atomic E-state index is 13.8. The van der Waals surface area contributed by atoms with Gasteiger partial charge in [0.2, 0.25) is 5.88 Å². The Morgan fingerprint density at radius 1 is 1.24 bits per heavy atom. The van der Waals surface area contributed by atoms with Gasteiger partial charge in [-0.05, 0) is 30.7 Å². The van der Waals surface area contributed by atoms with Crippen LogP contribution in [-0.2, 0) is 11.8 Å². The molecule has 3 aromatic rings. The monoisotopic (exact) mass is 401 g/mol. The van der Waals surface area contributed by atoms with Crippen molar-refractivity contribution in [2.24, 2.45) is 12.8 Å². The van der Waals surface area contributed by atoms with E-state index in [0.29, 0.717) is 11.3 Å². The van der Waals surface area contributed by atoms with Crippen LogP contribution in [-0.4, -0.2) is 33.2 Å². The van der Waals surface area contributed by atoms with Crippen molar-refractivity contribution in [3.05, 3.63) is 59.4 Å². The van der Waals surface area contributed by atoms with E-state index < -0.39 is 29.1 Å². The minimum absolute atomic E-state index is 0.0291. The van der Waals surface area contributed by atoms with Gasteiger partial charge >= 0.3 is 0 Å². The van der Waals surface area contributed by atoms with Gasteiger partial charge in [0.05, 0.1) is 5.69 Å². The molecule has 10 heteroatoms. The zero-order valence-electron chi connectivity index (χ0n) is 15.6. The standard InChI is InChI=1S/C19H17F2N5O3/c1-10-6-17(29-9-16(22)27)23-8-11(10)15-7-14(25-26(15)2)19(28)24-18-12(20)4-3-5-13(18)21/h3-8H,9H2,1-2H3,(H2,22,27)(H,24,28). The van der Waals surface area contributed by atoms with Crippen LogP contribution in [0.5, 0.6) is 5.88 Å². The molecule has 2 heterocycles. The molecule has 0 radical (unpaired) electrons. The van der Waals surface area contributed by atoms with E-state index >= 15 is 0 Å². The number of hydrogen-bond donors (Lipinski definition) is 2. The van der Waals surface area contributed by atoms with Crippen molar-refractivity contribution in [2.75, 3.05) is 11.9 Å². The molecule has 0 spiro atoms. The summed E-state index contributed by atoms with van der Waals surface area (Å²) in [4.78, 5) is 27.3. The first-order chi connectivity index (χ1) is 13.8. The average Bonchev–Trinajstić information content (AvgIpc) is 3.04. The number of carbonyl (C=O) groups excluding carboxylic acids is 2. The molecule has 3 rings (SSSR count). The maximum Gasteiger partial charge on any atom is 0.276 e. The molecular weight excluding hydrogens is 384 g/mol. The molecule has 2 amide bonds. The highest BCUT2D eigenvalue weighted by atomic mass is 19.1. The lowest BCUT2D eigenvalue weighted by molar-refractivity contribution is -0.120. The maximum atomic E-state index is 13.8. The summed E-state index contributed by atoms with van der Waals surface area (Å²) in [6.45, 7) is 1.49. The van der Waals surface area contributed by atoms with Crippen LogP contribution in [0.25, 0.3) is 11.3 Å². The number of ether oxygens (including phenoxy) is 1. The Hall–Kier alpha value is -3.82. The number of nitrogens with two attached hydrogens (primary N) is 1. The van der Waals surface area contributed by atoms with E-state index in [1.165, 1.54) is 23.0 Å². The van der Waals surface area contributed by atoms with Crippen LogP contribution >= 0.6 is 0 Å². The van der Waals surface area contributed by atoms with Crippen LogP contribution in [0.15, 0.2) is 36.5 Å². The lowest BCUT2D eigenvalue weighted by atomic mass is 10.1. The van der Waals surface area contributed by atoms with Crippen molar-refractivity contribution in [3.8, 4) is 17.1 Å². The van der Waals surface area contributed by atoms with E-state index in [9.17, 15) is 18.4 Å². The number of nitrogens with zero attached hydrogens (tertiary/aromatic N) is 3. The molecular formula is C19H17F2N5O3. The van der Waals surface area contributed by atoms with Crippen molar-refractivity contribution in [1.29, 1.82) is 0 Å². The van der Waals surface area contributed by atoms with Crippen LogP contribution in [0.1, 0.15) is 16.1 Å². The molecule has 0 aliphatic rings. The second kappa shape index (κ2) is 8.05. The van der Waals surface area contributed by atoms with Gasteiger partial charge in [-0.2, -0.15) is 5.10 Å². The molecule has 3 N–H and O–H groups in total. The number of primary amides is 1. The van der Waals surface area contributed by atoms with Crippen molar-refractivity contribution in [3.63, 3.8) is 0 Å². The number of amides is 2. The van der Waals surface area contributed by atoms with Crippen LogP contribution in [0.2, 0.25) is 0 Å². The van der Waals surface area contributed by atoms with Gasteiger partial charge in [-0.3, -0.25) is 14.3 Å². The van der Waals surface area contributed by atoms with Gasteiger partial charge in [0.1, 0.15) is 17.3 Å². The Morgan fingerprint density at radius 2 is 1.93 bits per heavy atom. The van der Waals surface area contributed by atoms with Gasteiger partial charge in [0, 0.05) is 24.9 Å². The molecule has 8 nitrogen and oxygen atoms in total. The summed E-state index contributed by atoms with van der Waals surface area (Å²) in [5.74, 6) is -2.94. The van der Waals surface area contributed by atoms with Gasteiger partial charge < -0.3 is 15.8 Å². The molecule has 0 aliphatic carbocycles. The first-order valence-corrected chi connectivity index (χ1v) is 8.43. The molecule has 1 aromatic carbocycles. The first-order valence-electron chi connectivity index (χ1n) is 8.43. The first kappa shape index (κ1) is 19.9. The number of para-hydroxylation sites is 1. The largest absolute Gasteiger partial charge is 0.468 e. The van der Waals surface area contributed by atoms with E-state index in [2.05, 4.69) is 15.4 Å². The topological polar surface area (TPSA) is 112 Å². The summed E-state index contributed by atoms with van der Waals surface area (Å²) < 4.78 is 34.1. The van der Waals surface area contributed by atoms with E-state index in [1.807, 2.05) is 0 Å².